The molecule has 1 aromatic carbocycles. The van der Waals surface area contributed by atoms with Crippen LogP contribution < -0.4 is 10.6 Å². The minimum absolute atomic E-state index is 0.0487. The molecule has 222 valence electrons. The van der Waals surface area contributed by atoms with E-state index in [4.69, 9.17) is 9.47 Å². The molecule has 40 heavy (non-hydrogen) atoms. The lowest BCUT2D eigenvalue weighted by Gasteiger charge is -2.36. The molecule has 1 aromatic heterocycles. The van der Waals surface area contributed by atoms with E-state index < -0.39 is 12.0 Å². The minimum Gasteiger partial charge on any atom is -0.379 e. The van der Waals surface area contributed by atoms with E-state index in [1.54, 1.807) is 20.4 Å². The van der Waals surface area contributed by atoms with E-state index in [9.17, 15) is 9.59 Å². The highest BCUT2D eigenvalue weighted by Crippen LogP contribution is 2.29. The van der Waals surface area contributed by atoms with Crippen molar-refractivity contribution in [1.29, 1.82) is 0 Å². The molecule has 1 saturated heterocycles. The highest BCUT2D eigenvalue weighted by atomic mass is 32.1. The van der Waals surface area contributed by atoms with Crippen molar-refractivity contribution in [3.63, 3.8) is 0 Å². The molecule has 2 heterocycles. The van der Waals surface area contributed by atoms with Gasteiger partial charge in [-0.3, -0.25) is 9.59 Å². The summed E-state index contributed by atoms with van der Waals surface area (Å²) >= 11 is 1.54. The smallest absolute Gasteiger partial charge is 0.226 e. The lowest BCUT2D eigenvalue weighted by molar-refractivity contribution is -0.142. The molecule has 2 amide bonds. The zero-order valence-corrected chi connectivity index (χ0v) is 26.0. The first kappa shape index (κ1) is 32.2. The summed E-state index contributed by atoms with van der Waals surface area (Å²) in [5.41, 5.74) is 2.34. The number of thiazole rings is 1. The Labute approximate surface area is 244 Å². The van der Waals surface area contributed by atoms with Crippen LogP contribution in [0, 0.1) is 18.8 Å². The Balaban J connectivity index is 1.71. The van der Waals surface area contributed by atoms with Crippen molar-refractivity contribution in [1.82, 2.24) is 20.5 Å². The van der Waals surface area contributed by atoms with Crippen molar-refractivity contribution in [2.75, 3.05) is 27.8 Å². The summed E-state index contributed by atoms with van der Waals surface area (Å²) in [4.78, 5) is 33.6. The first-order chi connectivity index (χ1) is 19.2. The summed E-state index contributed by atoms with van der Waals surface area (Å²) in [5.74, 6) is -0.127. The highest BCUT2D eigenvalue weighted by molar-refractivity contribution is 7.09. The molecule has 1 fully saturated rings. The SMILES string of the molecule is CC[C@H](C)[C@H](NC)[C@@H](CC(=O)N1CCC[C@H]1[C@H](OC)[C@@H](C)C(=O)N[C@@H](Cc1ccc(C)cc1)c1nccs1)OC. The maximum atomic E-state index is 13.6. The van der Waals surface area contributed by atoms with E-state index in [1.165, 1.54) is 16.9 Å². The Morgan fingerprint density at radius 2 is 1.90 bits per heavy atom. The number of benzene rings is 1. The van der Waals surface area contributed by atoms with Crippen molar-refractivity contribution in [3.05, 3.63) is 52.0 Å². The van der Waals surface area contributed by atoms with Gasteiger partial charge in [0.25, 0.3) is 0 Å². The maximum Gasteiger partial charge on any atom is 0.226 e. The average molecular weight is 573 g/mol. The van der Waals surface area contributed by atoms with Gasteiger partial charge in [-0.1, -0.05) is 57.0 Å². The summed E-state index contributed by atoms with van der Waals surface area (Å²) in [5, 5.41) is 9.40. The first-order valence-electron chi connectivity index (χ1n) is 14.5. The molecule has 0 aliphatic carbocycles. The van der Waals surface area contributed by atoms with Crippen LogP contribution in [0.5, 0.6) is 0 Å². The zero-order valence-electron chi connectivity index (χ0n) is 25.2. The van der Waals surface area contributed by atoms with E-state index in [0.29, 0.717) is 25.3 Å². The number of hydrogen-bond donors (Lipinski definition) is 2. The van der Waals surface area contributed by atoms with E-state index >= 15 is 0 Å². The molecule has 2 N–H and O–H groups in total. The standard InChI is InChI=1S/C31H48N4O4S/c1-8-21(3)28(32-5)26(38-6)19-27(36)35-16-9-10-25(35)29(39-7)22(4)30(37)34-24(31-33-15-17-40-31)18-23-13-11-20(2)12-14-23/h11-15,17,21-22,24-26,28-29,32H,8-10,16,18-19H2,1-7H3,(H,34,37)/t21-,22+,24-,25-,26+,28-,29+/m0/s1. The van der Waals surface area contributed by atoms with Crippen molar-refractivity contribution < 1.29 is 19.1 Å². The highest BCUT2D eigenvalue weighted by Gasteiger charge is 2.41. The summed E-state index contributed by atoms with van der Waals surface area (Å²) < 4.78 is 11.7. The molecule has 7 atom stereocenters. The normalized spacial score (nSPS) is 20.0. The molecule has 2 aromatic rings. The van der Waals surface area contributed by atoms with Crippen LogP contribution >= 0.6 is 11.3 Å². The number of carbonyl (C=O) groups is 2. The number of rotatable bonds is 15. The van der Waals surface area contributed by atoms with Gasteiger partial charge in [-0.05, 0) is 44.7 Å². The Hall–Kier alpha value is -2.33. The number of ether oxygens (including phenoxy) is 2. The van der Waals surface area contributed by atoms with Gasteiger partial charge in [0, 0.05) is 38.4 Å². The molecular weight excluding hydrogens is 524 g/mol. The van der Waals surface area contributed by atoms with Crippen LogP contribution in [-0.4, -0.2) is 73.8 Å². The van der Waals surface area contributed by atoms with Crippen LogP contribution in [0.4, 0.5) is 0 Å². The molecule has 0 saturated carbocycles. The number of likely N-dealkylation sites (tertiary alicyclic amines) is 1. The fraction of sp³-hybridized carbons (Fsp3) is 0.645. The fourth-order valence-electron chi connectivity index (χ4n) is 5.89. The molecular formula is C31H48N4O4S. The minimum atomic E-state index is -0.452. The Morgan fingerprint density at radius 3 is 2.48 bits per heavy atom. The van der Waals surface area contributed by atoms with E-state index in [2.05, 4.69) is 60.7 Å². The van der Waals surface area contributed by atoms with Crippen molar-refractivity contribution in [2.24, 2.45) is 11.8 Å². The molecule has 9 heteroatoms. The van der Waals surface area contributed by atoms with E-state index in [0.717, 1.165) is 29.8 Å². The predicted octanol–water partition coefficient (Wildman–Crippen LogP) is 4.53. The van der Waals surface area contributed by atoms with Gasteiger partial charge in [0.1, 0.15) is 5.01 Å². The van der Waals surface area contributed by atoms with Crippen molar-refractivity contribution in [2.45, 2.75) is 90.1 Å². The number of aryl methyl sites for hydroxylation is 1. The molecule has 0 radical (unpaired) electrons. The second-order valence-electron chi connectivity index (χ2n) is 11.1. The number of aromatic nitrogens is 1. The van der Waals surface area contributed by atoms with Crippen LogP contribution in [0.3, 0.4) is 0 Å². The number of nitrogens with one attached hydrogen (secondary N) is 2. The summed E-state index contributed by atoms with van der Waals surface area (Å²) in [6, 6.07) is 8.04. The molecule has 1 aliphatic heterocycles. The van der Waals surface area contributed by atoms with Crippen molar-refractivity contribution in [3.8, 4) is 0 Å². The average Bonchev–Trinajstić information content (AvgIpc) is 3.67. The van der Waals surface area contributed by atoms with Crippen LogP contribution in [0.15, 0.2) is 35.8 Å². The molecule has 1 aliphatic rings. The number of nitrogens with zero attached hydrogens (tertiary/aromatic N) is 2. The van der Waals surface area contributed by atoms with Crippen LogP contribution in [0.1, 0.15) is 68.6 Å². The van der Waals surface area contributed by atoms with Crippen LogP contribution in [0.25, 0.3) is 0 Å². The summed E-state index contributed by atoms with van der Waals surface area (Å²) in [6.45, 7) is 8.95. The summed E-state index contributed by atoms with van der Waals surface area (Å²) in [6.07, 6.45) is 4.76. The Bertz CT molecular complexity index is 1050. The quantitative estimate of drug-likeness (QED) is 0.326. The van der Waals surface area contributed by atoms with E-state index in [1.807, 2.05) is 24.3 Å². The predicted molar refractivity (Wildman–Crippen MR) is 160 cm³/mol. The van der Waals surface area contributed by atoms with Gasteiger partial charge in [0.2, 0.25) is 11.8 Å². The van der Waals surface area contributed by atoms with Gasteiger partial charge >= 0.3 is 0 Å². The molecule has 3 rings (SSSR count). The van der Waals surface area contributed by atoms with Gasteiger partial charge in [0.15, 0.2) is 0 Å². The topological polar surface area (TPSA) is 92.8 Å². The Morgan fingerprint density at radius 1 is 1.18 bits per heavy atom. The second-order valence-corrected chi connectivity index (χ2v) is 12.0. The van der Waals surface area contributed by atoms with Gasteiger partial charge in [-0.2, -0.15) is 0 Å². The Kier molecular flexibility index (Phi) is 12.6. The number of likely N-dealkylation sites (N-methyl/N-ethyl adjacent to an activating group) is 1. The third-order valence-electron chi connectivity index (χ3n) is 8.47. The molecule has 0 bridgehead atoms. The zero-order chi connectivity index (χ0) is 29.2. The van der Waals surface area contributed by atoms with Gasteiger partial charge in [0.05, 0.1) is 36.6 Å². The fourth-order valence-corrected chi connectivity index (χ4v) is 6.58. The third-order valence-corrected chi connectivity index (χ3v) is 9.36. The third kappa shape index (κ3) is 8.12. The largest absolute Gasteiger partial charge is 0.379 e. The molecule has 8 nitrogen and oxygen atoms in total. The number of hydrogen-bond acceptors (Lipinski definition) is 7. The first-order valence-corrected chi connectivity index (χ1v) is 15.4. The lowest BCUT2D eigenvalue weighted by atomic mass is 9.91. The van der Waals surface area contributed by atoms with Crippen molar-refractivity contribution >= 4 is 23.2 Å². The lowest BCUT2D eigenvalue weighted by Crippen LogP contribution is -2.52. The summed E-state index contributed by atoms with van der Waals surface area (Å²) in [7, 11) is 5.23. The second kappa shape index (κ2) is 15.6. The molecule has 0 unspecified atom stereocenters. The monoisotopic (exact) mass is 572 g/mol. The van der Waals surface area contributed by atoms with E-state index in [-0.39, 0.29) is 36.0 Å². The molecule has 0 spiro atoms. The van der Waals surface area contributed by atoms with Gasteiger partial charge in [-0.15, -0.1) is 11.3 Å². The van der Waals surface area contributed by atoms with Gasteiger partial charge < -0.3 is 25.0 Å². The van der Waals surface area contributed by atoms with Gasteiger partial charge in [-0.25, -0.2) is 4.98 Å². The van der Waals surface area contributed by atoms with Crippen LogP contribution in [-0.2, 0) is 25.5 Å². The number of amides is 2. The number of methoxy groups -OCH3 is 2. The maximum absolute atomic E-state index is 13.6. The van der Waals surface area contributed by atoms with Crippen LogP contribution in [0.2, 0.25) is 0 Å². The number of carbonyl (C=O) groups excluding carboxylic acids is 2.